The second-order valence-electron chi connectivity index (χ2n) is 5.34. The van der Waals surface area contributed by atoms with Crippen molar-refractivity contribution < 1.29 is 4.39 Å². The van der Waals surface area contributed by atoms with Crippen LogP contribution in [0.15, 0.2) is 35.2 Å². The van der Waals surface area contributed by atoms with E-state index in [1.54, 1.807) is 11.3 Å². The first-order chi connectivity index (χ1) is 9.53. The Balaban J connectivity index is 2.09. The molecule has 1 aromatic heterocycles. The highest BCUT2D eigenvalue weighted by atomic mass is 32.1. The van der Waals surface area contributed by atoms with E-state index in [2.05, 4.69) is 23.9 Å². The molecule has 1 unspecified atom stereocenters. The van der Waals surface area contributed by atoms with Gasteiger partial charge in [0, 0.05) is 24.0 Å². The molecule has 0 radical (unpaired) electrons. The molecule has 2 rings (SSSR count). The Bertz CT molecular complexity index is 527. The normalized spacial score (nSPS) is 14.4. The fraction of sp³-hybridized carbons (Fsp3) is 0.400. The van der Waals surface area contributed by atoms with E-state index in [1.165, 1.54) is 12.1 Å². The summed E-state index contributed by atoms with van der Waals surface area (Å²) in [6, 6.07) is 6.62. The SMILES string of the molecule is CN(Cc1cscn1)C(C)(CN)Cc1ccc(F)cc1. The van der Waals surface area contributed by atoms with Crippen molar-refractivity contribution in [3.8, 4) is 0 Å². The highest BCUT2D eigenvalue weighted by Gasteiger charge is 2.28. The van der Waals surface area contributed by atoms with Gasteiger partial charge in [0.25, 0.3) is 0 Å². The van der Waals surface area contributed by atoms with Crippen molar-refractivity contribution in [2.75, 3.05) is 13.6 Å². The van der Waals surface area contributed by atoms with Gasteiger partial charge >= 0.3 is 0 Å². The first-order valence-electron chi connectivity index (χ1n) is 6.56. The highest BCUT2D eigenvalue weighted by Crippen LogP contribution is 2.21. The zero-order valence-electron chi connectivity index (χ0n) is 11.8. The number of halogens is 1. The molecule has 0 aliphatic carbocycles. The number of thiazole rings is 1. The average molecular weight is 293 g/mol. The molecular weight excluding hydrogens is 273 g/mol. The zero-order chi connectivity index (χ0) is 14.6. The predicted octanol–water partition coefficient (Wildman–Crippen LogP) is 2.67. The van der Waals surface area contributed by atoms with Crippen LogP contribution in [0.4, 0.5) is 4.39 Å². The van der Waals surface area contributed by atoms with E-state index in [4.69, 9.17) is 5.73 Å². The van der Waals surface area contributed by atoms with Crippen molar-refractivity contribution in [3.63, 3.8) is 0 Å². The molecule has 3 nitrogen and oxygen atoms in total. The van der Waals surface area contributed by atoms with Crippen molar-refractivity contribution >= 4 is 11.3 Å². The summed E-state index contributed by atoms with van der Waals surface area (Å²) in [6.07, 6.45) is 0.782. The third-order valence-corrected chi connectivity index (χ3v) is 4.38. The Morgan fingerprint density at radius 1 is 1.35 bits per heavy atom. The summed E-state index contributed by atoms with van der Waals surface area (Å²) in [7, 11) is 2.05. The predicted molar refractivity (Wildman–Crippen MR) is 81.1 cm³/mol. The molecule has 5 heteroatoms. The first-order valence-corrected chi connectivity index (χ1v) is 7.50. The minimum atomic E-state index is -0.209. The number of hydrogen-bond acceptors (Lipinski definition) is 4. The van der Waals surface area contributed by atoms with Crippen molar-refractivity contribution in [1.82, 2.24) is 9.88 Å². The largest absolute Gasteiger partial charge is 0.329 e. The van der Waals surface area contributed by atoms with E-state index < -0.39 is 0 Å². The Hall–Kier alpha value is -1.30. The van der Waals surface area contributed by atoms with Crippen LogP contribution >= 0.6 is 11.3 Å². The molecule has 2 N–H and O–H groups in total. The van der Waals surface area contributed by atoms with Crippen LogP contribution in [-0.4, -0.2) is 29.0 Å². The van der Waals surface area contributed by atoms with Gasteiger partial charge in [0.2, 0.25) is 0 Å². The van der Waals surface area contributed by atoms with E-state index in [-0.39, 0.29) is 11.4 Å². The molecule has 2 aromatic rings. The third kappa shape index (κ3) is 3.62. The van der Waals surface area contributed by atoms with Gasteiger partial charge in [-0.05, 0) is 38.1 Å². The van der Waals surface area contributed by atoms with Gasteiger partial charge in [0.15, 0.2) is 0 Å². The lowest BCUT2D eigenvalue weighted by Gasteiger charge is -2.38. The molecule has 0 bridgehead atoms. The number of aromatic nitrogens is 1. The van der Waals surface area contributed by atoms with Gasteiger partial charge in [0.05, 0.1) is 11.2 Å². The van der Waals surface area contributed by atoms with E-state index in [1.807, 2.05) is 23.0 Å². The van der Waals surface area contributed by atoms with Crippen LogP contribution in [0, 0.1) is 5.82 Å². The zero-order valence-corrected chi connectivity index (χ0v) is 12.7. The molecule has 0 aliphatic rings. The standard InChI is InChI=1S/C15H20FN3S/c1-15(10-17,7-12-3-5-13(16)6-4-12)19(2)8-14-9-20-11-18-14/h3-6,9,11H,7-8,10,17H2,1-2H3. The van der Waals surface area contributed by atoms with Crippen molar-refractivity contribution in [2.24, 2.45) is 5.73 Å². The number of nitrogens with two attached hydrogens (primary N) is 1. The molecular formula is C15H20FN3S. The molecule has 20 heavy (non-hydrogen) atoms. The van der Waals surface area contributed by atoms with Crippen LogP contribution in [0.3, 0.4) is 0 Å². The molecule has 0 fully saturated rings. The quantitative estimate of drug-likeness (QED) is 0.890. The summed E-state index contributed by atoms with van der Waals surface area (Å²) in [5, 5.41) is 2.05. The van der Waals surface area contributed by atoms with Crippen LogP contribution in [0.2, 0.25) is 0 Å². The van der Waals surface area contributed by atoms with Crippen LogP contribution in [-0.2, 0) is 13.0 Å². The van der Waals surface area contributed by atoms with Crippen molar-refractivity contribution in [3.05, 3.63) is 52.2 Å². The van der Waals surface area contributed by atoms with Gasteiger partial charge in [0.1, 0.15) is 5.82 Å². The summed E-state index contributed by atoms with van der Waals surface area (Å²) < 4.78 is 13.0. The highest BCUT2D eigenvalue weighted by molar-refractivity contribution is 7.07. The number of benzene rings is 1. The van der Waals surface area contributed by atoms with Crippen LogP contribution in [0.25, 0.3) is 0 Å². The molecule has 108 valence electrons. The van der Waals surface area contributed by atoms with Gasteiger partial charge in [-0.3, -0.25) is 4.90 Å². The smallest absolute Gasteiger partial charge is 0.123 e. The van der Waals surface area contributed by atoms with Crippen LogP contribution < -0.4 is 5.73 Å². The summed E-state index contributed by atoms with van der Waals surface area (Å²) in [6.45, 7) is 3.42. The van der Waals surface area contributed by atoms with Gasteiger partial charge in [-0.25, -0.2) is 9.37 Å². The summed E-state index contributed by atoms with van der Waals surface area (Å²) in [5.74, 6) is -0.209. The lowest BCUT2D eigenvalue weighted by atomic mass is 9.91. The maximum Gasteiger partial charge on any atom is 0.123 e. The summed E-state index contributed by atoms with van der Waals surface area (Å²) >= 11 is 1.59. The molecule has 1 heterocycles. The van der Waals surface area contributed by atoms with E-state index in [0.29, 0.717) is 6.54 Å². The Kier molecular flexibility index (Phi) is 4.86. The fourth-order valence-corrected chi connectivity index (χ4v) is 2.70. The fourth-order valence-electron chi connectivity index (χ4n) is 2.15. The van der Waals surface area contributed by atoms with Gasteiger partial charge in [-0.1, -0.05) is 12.1 Å². The first kappa shape index (κ1) is 15.1. The Morgan fingerprint density at radius 3 is 2.60 bits per heavy atom. The number of hydrogen-bond donors (Lipinski definition) is 1. The number of rotatable bonds is 6. The minimum Gasteiger partial charge on any atom is -0.329 e. The minimum absolute atomic E-state index is 0.179. The van der Waals surface area contributed by atoms with E-state index in [0.717, 1.165) is 24.2 Å². The number of likely N-dealkylation sites (N-methyl/N-ethyl adjacent to an activating group) is 1. The maximum atomic E-state index is 13.0. The van der Waals surface area contributed by atoms with Gasteiger partial charge < -0.3 is 5.73 Å². The van der Waals surface area contributed by atoms with Gasteiger partial charge in [-0.2, -0.15) is 0 Å². The maximum absolute atomic E-state index is 13.0. The molecule has 0 spiro atoms. The van der Waals surface area contributed by atoms with Crippen LogP contribution in [0.5, 0.6) is 0 Å². The lowest BCUT2D eigenvalue weighted by molar-refractivity contribution is 0.134. The third-order valence-electron chi connectivity index (χ3n) is 3.74. The molecule has 0 amide bonds. The molecule has 1 aromatic carbocycles. The molecule has 0 saturated heterocycles. The topological polar surface area (TPSA) is 42.2 Å². The monoisotopic (exact) mass is 293 g/mol. The average Bonchev–Trinajstić information content (AvgIpc) is 2.94. The number of nitrogens with zero attached hydrogens (tertiary/aromatic N) is 2. The Labute approximate surface area is 123 Å². The summed E-state index contributed by atoms with van der Waals surface area (Å²) in [4.78, 5) is 6.52. The Morgan fingerprint density at radius 2 is 2.05 bits per heavy atom. The van der Waals surface area contributed by atoms with E-state index >= 15 is 0 Å². The van der Waals surface area contributed by atoms with Crippen LogP contribution in [0.1, 0.15) is 18.2 Å². The van der Waals surface area contributed by atoms with Gasteiger partial charge in [-0.15, -0.1) is 11.3 Å². The van der Waals surface area contributed by atoms with E-state index in [9.17, 15) is 4.39 Å². The second-order valence-corrected chi connectivity index (χ2v) is 6.06. The molecule has 0 saturated carbocycles. The lowest BCUT2D eigenvalue weighted by Crippen LogP contribution is -2.51. The molecule has 0 aliphatic heterocycles. The second kappa shape index (κ2) is 6.43. The van der Waals surface area contributed by atoms with Crippen molar-refractivity contribution in [1.29, 1.82) is 0 Å². The molecule has 1 atom stereocenters. The summed E-state index contributed by atoms with van der Waals surface area (Å²) in [5.41, 5.74) is 9.78. The van der Waals surface area contributed by atoms with Crippen molar-refractivity contribution in [2.45, 2.75) is 25.4 Å².